The van der Waals surface area contributed by atoms with Crippen molar-refractivity contribution in [2.45, 2.75) is 38.1 Å². The highest BCUT2D eigenvalue weighted by Gasteiger charge is 2.25. The number of carbonyl (C=O) groups excluding carboxylic acids is 2. The second-order valence-electron chi connectivity index (χ2n) is 5.78. The fraction of sp³-hybridized carbons (Fsp3) is 0.389. The summed E-state index contributed by atoms with van der Waals surface area (Å²) in [5.41, 5.74) is 2.49. The van der Waals surface area contributed by atoms with E-state index in [1.54, 1.807) is 0 Å². The van der Waals surface area contributed by atoms with Gasteiger partial charge in [-0.2, -0.15) is 0 Å². The summed E-state index contributed by atoms with van der Waals surface area (Å²) in [6.07, 6.45) is 6.44. The minimum Gasteiger partial charge on any atom is -0.478 e. The van der Waals surface area contributed by atoms with Crippen molar-refractivity contribution in [3.63, 3.8) is 0 Å². The summed E-state index contributed by atoms with van der Waals surface area (Å²) in [4.78, 5) is 33.8. The van der Waals surface area contributed by atoms with Gasteiger partial charge in [-0.1, -0.05) is 30.3 Å². The molecule has 1 aliphatic rings. The van der Waals surface area contributed by atoms with Crippen molar-refractivity contribution in [2.24, 2.45) is 5.92 Å². The normalized spacial score (nSPS) is 18.2. The van der Waals surface area contributed by atoms with Gasteiger partial charge in [-0.3, -0.25) is 4.79 Å². The minimum absolute atomic E-state index is 0.0983. The molecule has 2 unspecified atom stereocenters. The summed E-state index contributed by atoms with van der Waals surface area (Å²) in [6.45, 7) is 0. The molecule has 0 fully saturated rings. The van der Waals surface area contributed by atoms with Crippen LogP contribution in [0.2, 0.25) is 0 Å². The van der Waals surface area contributed by atoms with E-state index < -0.39 is 12.0 Å². The van der Waals surface area contributed by atoms with Crippen LogP contribution in [0, 0.1) is 5.92 Å². The maximum atomic E-state index is 12.3. The summed E-state index contributed by atoms with van der Waals surface area (Å²) in [5, 5.41) is 11.3. The van der Waals surface area contributed by atoms with Gasteiger partial charge < -0.3 is 15.2 Å². The molecule has 2 rings (SSSR count). The zero-order valence-corrected chi connectivity index (χ0v) is 12.9. The lowest BCUT2D eigenvalue weighted by Crippen LogP contribution is -2.41. The molecule has 0 heterocycles. The third-order valence-electron chi connectivity index (χ3n) is 4.11. The van der Waals surface area contributed by atoms with E-state index in [1.807, 2.05) is 18.2 Å². The molecule has 1 aromatic carbocycles. The van der Waals surface area contributed by atoms with Gasteiger partial charge in [-0.15, -0.1) is 0 Å². The van der Waals surface area contributed by atoms with Crippen molar-refractivity contribution in [1.29, 1.82) is 0 Å². The van der Waals surface area contributed by atoms with Crippen LogP contribution in [-0.4, -0.2) is 29.3 Å². The van der Waals surface area contributed by atoms with Crippen LogP contribution in [0.4, 0.5) is 0 Å². The molecule has 1 aromatic rings. The maximum Gasteiger partial charge on any atom is 0.327 e. The summed E-state index contributed by atoms with van der Waals surface area (Å²) in [7, 11) is 0. The van der Waals surface area contributed by atoms with Crippen molar-refractivity contribution in [3.8, 4) is 0 Å². The van der Waals surface area contributed by atoms with Crippen LogP contribution in [-0.2, 0) is 27.2 Å². The number of fused-ring (bicyclic) bond motifs is 1. The summed E-state index contributed by atoms with van der Waals surface area (Å²) < 4.78 is 0. The molecule has 0 bridgehead atoms. The van der Waals surface area contributed by atoms with Crippen LogP contribution in [0.25, 0.3) is 0 Å². The van der Waals surface area contributed by atoms with Crippen LogP contribution in [0.1, 0.15) is 30.4 Å². The molecule has 1 aliphatic carbocycles. The molecule has 2 atom stereocenters. The van der Waals surface area contributed by atoms with Crippen LogP contribution < -0.4 is 5.32 Å². The molecule has 5 heteroatoms. The molecule has 0 saturated carbocycles. The highest BCUT2D eigenvalue weighted by molar-refractivity contribution is 5.82. The molecule has 23 heavy (non-hydrogen) atoms. The number of carbonyl (C=O) groups is 3. The number of carboxylic acids is 1. The fourth-order valence-corrected chi connectivity index (χ4v) is 2.86. The Morgan fingerprint density at radius 3 is 2.74 bits per heavy atom. The quantitative estimate of drug-likeness (QED) is 0.594. The van der Waals surface area contributed by atoms with Crippen molar-refractivity contribution in [1.82, 2.24) is 5.32 Å². The van der Waals surface area contributed by atoms with E-state index in [4.69, 9.17) is 5.11 Å². The number of nitrogens with one attached hydrogen (secondary N) is 1. The van der Waals surface area contributed by atoms with E-state index >= 15 is 0 Å². The first-order chi connectivity index (χ1) is 11.1. The van der Waals surface area contributed by atoms with E-state index in [-0.39, 0.29) is 11.8 Å². The Bertz CT molecular complexity index is 609. The Labute approximate surface area is 135 Å². The second kappa shape index (κ2) is 8.27. The van der Waals surface area contributed by atoms with Gasteiger partial charge >= 0.3 is 5.97 Å². The Hall–Kier alpha value is -2.43. The Balaban J connectivity index is 1.85. The molecule has 0 spiro atoms. The van der Waals surface area contributed by atoms with Crippen LogP contribution in [0.3, 0.4) is 0 Å². The Morgan fingerprint density at radius 1 is 1.30 bits per heavy atom. The number of hydrogen-bond acceptors (Lipinski definition) is 3. The van der Waals surface area contributed by atoms with Gasteiger partial charge in [-0.25, -0.2) is 4.79 Å². The fourth-order valence-electron chi connectivity index (χ4n) is 2.86. The molecule has 0 radical (unpaired) electrons. The number of hydrogen-bond donors (Lipinski definition) is 2. The Kier molecular flexibility index (Phi) is 6.09. The van der Waals surface area contributed by atoms with Crippen molar-refractivity contribution >= 4 is 18.2 Å². The standard InChI is InChI=1S/C18H21NO4/c20-12-16(7-3-4-8-17(21)22)19-18(23)15-10-9-13-5-1-2-6-14(13)11-15/h1-2,4-6,8,12,15-16H,3,7,9-11H2,(H,19,23)(H,21,22). The highest BCUT2D eigenvalue weighted by atomic mass is 16.4. The van der Waals surface area contributed by atoms with Crippen molar-refractivity contribution < 1.29 is 19.5 Å². The number of carboxylic acid groups (broad SMARTS) is 1. The van der Waals surface area contributed by atoms with E-state index in [1.165, 1.54) is 17.2 Å². The molecule has 122 valence electrons. The first-order valence-corrected chi connectivity index (χ1v) is 7.82. The average molecular weight is 315 g/mol. The Morgan fingerprint density at radius 2 is 2.04 bits per heavy atom. The molecular formula is C18H21NO4. The number of aryl methyl sites for hydroxylation is 1. The topological polar surface area (TPSA) is 83.5 Å². The van der Waals surface area contributed by atoms with E-state index in [0.717, 1.165) is 18.9 Å². The molecule has 0 aliphatic heterocycles. The molecule has 0 aromatic heterocycles. The number of rotatable bonds is 7. The monoisotopic (exact) mass is 315 g/mol. The van der Waals surface area contributed by atoms with Gasteiger partial charge in [0.2, 0.25) is 5.91 Å². The third-order valence-corrected chi connectivity index (χ3v) is 4.11. The predicted molar refractivity (Wildman–Crippen MR) is 86.0 cm³/mol. The lowest BCUT2D eigenvalue weighted by Gasteiger charge is -2.25. The molecule has 2 N–H and O–H groups in total. The zero-order valence-electron chi connectivity index (χ0n) is 12.9. The van der Waals surface area contributed by atoms with Gasteiger partial charge in [0.15, 0.2) is 0 Å². The van der Waals surface area contributed by atoms with Gasteiger partial charge in [0, 0.05) is 12.0 Å². The zero-order chi connectivity index (χ0) is 16.7. The van der Waals surface area contributed by atoms with Crippen molar-refractivity contribution in [2.75, 3.05) is 0 Å². The van der Waals surface area contributed by atoms with Crippen molar-refractivity contribution in [3.05, 3.63) is 47.5 Å². The lowest BCUT2D eigenvalue weighted by atomic mass is 9.83. The number of aldehydes is 1. The van der Waals surface area contributed by atoms with Gasteiger partial charge in [0.1, 0.15) is 6.29 Å². The smallest absolute Gasteiger partial charge is 0.327 e. The first kappa shape index (κ1) is 16.9. The molecule has 0 saturated heterocycles. The average Bonchev–Trinajstić information content (AvgIpc) is 2.56. The highest BCUT2D eigenvalue weighted by Crippen LogP contribution is 2.25. The number of benzene rings is 1. The van der Waals surface area contributed by atoms with Crippen LogP contribution in [0.15, 0.2) is 36.4 Å². The van der Waals surface area contributed by atoms with Crippen LogP contribution in [0.5, 0.6) is 0 Å². The van der Waals surface area contributed by atoms with E-state index in [2.05, 4.69) is 11.4 Å². The third kappa shape index (κ3) is 5.06. The summed E-state index contributed by atoms with van der Waals surface area (Å²) in [5.74, 6) is -1.22. The van der Waals surface area contributed by atoms with E-state index in [9.17, 15) is 14.4 Å². The van der Waals surface area contributed by atoms with Gasteiger partial charge in [0.25, 0.3) is 0 Å². The number of amides is 1. The largest absolute Gasteiger partial charge is 0.478 e. The van der Waals surface area contributed by atoms with Gasteiger partial charge in [-0.05, 0) is 43.2 Å². The predicted octanol–water partition coefficient (Wildman–Crippen LogP) is 1.90. The number of aliphatic carboxylic acids is 1. The first-order valence-electron chi connectivity index (χ1n) is 7.82. The SMILES string of the molecule is O=CC(CCC=CC(=O)O)NC(=O)C1CCc2ccccc2C1. The minimum atomic E-state index is -1.02. The molecule has 5 nitrogen and oxygen atoms in total. The second-order valence-corrected chi connectivity index (χ2v) is 5.78. The summed E-state index contributed by atoms with van der Waals surface area (Å²) >= 11 is 0. The number of allylic oxidation sites excluding steroid dienone is 1. The molecule has 1 amide bonds. The maximum absolute atomic E-state index is 12.3. The van der Waals surface area contributed by atoms with E-state index in [0.29, 0.717) is 25.5 Å². The van der Waals surface area contributed by atoms with Crippen LogP contribution >= 0.6 is 0 Å². The lowest BCUT2D eigenvalue weighted by molar-refractivity contribution is -0.131. The summed E-state index contributed by atoms with van der Waals surface area (Å²) in [6, 6.07) is 7.54. The van der Waals surface area contributed by atoms with Gasteiger partial charge in [0.05, 0.1) is 6.04 Å². The molecular weight excluding hydrogens is 294 g/mol.